The number of rotatable bonds is 8. The van der Waals surface area contributed by atoms with Gasteiger partial charge in [0.25, 0.3) is 0 Å². The number of aryl methyl sites for hydroxylation is 1. The minimum Gasteiger partial charge on any atom is -0.493 e. The molecular weight excluding hydrogens is 366 g/mol. The summed E-state index contributed by atoms with van der Waals surface area (Å²) < 4.78 is 17.9. The van der Waals surface area contributed by atoms with Crippen LogP contribution in [0.5, 0.6) is 11.5 Å². The van der Waals surface area contributed by atoms with Gasteiger partial charge in [0.15, 0.2) is 11.5 Å². The Balaban J connectivity index is 1.88. The molecule has 1 aliphatic rings. The summed E-state index contributed by atoms with van der Waals surface area (Å²) in [5.74, 6) is 1.49. The van der Waals surface area contributed by atoms with E-state index < -0.39 is 4.92 Å². The Kier molecular flexibility index (Phi) is 6.32. The fraction of sp³-hybridized carbons (Fsp3) is 0.500. The van der Waals surface area contributed by atoms with E-state index in [9.17, 15) is 10.1 Å². The van der Waals surface area contributed by atoms with Crippen LogP contribution in [0.25, 0.3) is 0 Å². The average molecular weight is 391 g/mol. The molecule has 1 atom stereocenters. The third-order valence-corrected chi connectivity index (χ3v) is 4.83. The van der Waals surface area contributed by atoms with Crippen molar-refractivity contribution in [3.63, 3.8) is 0 Å². The van der Waals surface area contributed by atoms with Crippen molar-refractivity contribution >= 4 is 11.6 Å². The molecule has 1 aromatic carbocycles. The summed E-state index contributed by atoms with van der Waals surface area (Å²) in [5.41, 5.74) is 1.02. The van der Waals surface area contributed by atoms with Gasteiger partial charge in [0.05, 0.1) is 33.5 Å². The smallest absolute Gasteiger partial charge is 0.406 e. The predicted molar refractivity (Wildman–Crippen MR) is 103 cm³/mol. The zero-order chi connectivity index (χ0) is 20.1. The number of morpholine rings is 1. The van der Waals surface area contributed by atoms with Gasteiger partial charge in [-0.25, -0.2) is 0 Å². The maximum atomic E-state index is 11.2. The lowest BCUT2D eigenvalue weighted by Crippen LogP contribution is -2.41. The molecule has 1 unspecified atom stereocenters. The standard InChI is InChI=1S/C18H25N5O5/c1-21-12-20-18(23(24)25)17(21)19-11-14(22-6-8-28-9-7-22)13-4-5-15(26-2)16(10-13)27-3/h4-5,10,12,14,19H,6-9,11H2,1-3H3. The second-order valence-corrected chi connectivity index (χ2v) is 6.44. The van der Waals surface area contributed by atoms with Gasteiger partial charge in [-0.15, -0.1) is 0 Å². The Morgan fingerprint density at radius 3 is 2.64 bits per heavy atom. The Hall–Kier alpha value is -2.85. The summed E-state index contributed by atoms with van der Waals surface area (Å²) in [4.78, 5) is 16.9. The number of nitro groups is 1. The van der Waals surface area contributed by atoms with Gasteiger partial charge in [0, 0.05) is 26.7 Å². The van der Waals surface area contributed by atoms with Gasteiger partial charge in [-0.1, -0.05) is 6.07 Å². The van der Waals surface area contributed by atoms with Crippen molar-refractivity contribution in [1.82, 2.24) is 14.5 Å². The number of nitrogens with zero attached hydrogens (tertiary/aromatic N) is 4. The number of anilines is 1. The maximum absolute atomic E-state index is 11.2. The van der Waals surface area contributed by atoms with Crippen LogP contribution in [0.2, 0.25) is 0 Å². The highest BCUT2D eigenvalue weighted by Gasteiger charge is 2.26. The fourth-order valence-corrected chi connectivity index (χ4v) is 3.36. The topological polar surface area (TPSA) is 104 Å². The van der Waals surface area contributed by atoms with Crippen molar-refractivity contribution in [3.05, 3.63) is 40.2 Å². The largest absolute Gasteiger partial charge is 0.493 e. The number of hydrogen-bond acceptors (Lipinski definition) is 8. The van der Waals surface area contributed by atoms with Crippen molar-refractivity contribution in [1.29, 1.82) is 0 Å². The quantitative estimate of drug-likeness (QED) is 0.537. The molecule has 1 aliphatic heterocycles. The molecule has 0 aliphatic carbocycles. The highest BCUT2D eigenvalue weighted by molar-refractivity contribution is 5.52. The molecule has 1 aromatic heterocycles. The summed E-state index contributed by atoms with van der Waals surface area (Å²) in [6.07, 6.45) is 1.43. The number of methoxy groups -OCH3 is 2. The lowest BCUT2D eigenvalue weighted by atomic mass is 10.0. The van der Waals surface area contributed by atoms with Crippen molar-refractivity contribution in [2.45, 2.75) is 6.04 Å². The molecule has 0 spiro atoms. The monoisotopic (exact) mass is 391 g/mol. The minimum atomic E-state index is -0.484. The zero-order valence-electron chi connectivity index (χ0n) is 16.3. The van der Waals surface area contributed by atoms with Gasteiger partial charge < -0.3 is 29.6 Å². The van der Waals surface area contributed by atoms with E-state index in [1.54, 1.807) is 25.8 Å². The number of ether oxygens (including phenoxy) is 3. The molecule has 1 N–H and O–H groups in total. The highest BCUT2D eigenvalue weighted by Crippen LogP contribution is 2.33. The van der Waals surface area contributed by atoms with Gasteiger partial charge in [-0.2, -0.15) is 0 Å². The number of nitrogens with one attached hydrogen (secondary N) is 1. The van der Waals surface area contributed by atoms with Crippen LogP contribution in [-0.4, -0.2) is 66.4 Å². The molecule has 0 radical (unpaired) electrons. The molecule has 10 heteroatoms. The molecule has 1 fully saturated rings. The second-order valence-electron chi connectivity index (χ2n) is 6.44. The van der Waals surface area contributed by atoms with Crippen LogP contribution in [-0.2, 0) is 11.8 Å². The van der Waals surface area contributed by atoms with Gasteiger partial charge in [-0.05, 0) is 27.6 Å². The summed E-state index contributed by atoms with van der Waals surface area (Å²) in [5, 5.41) is 14.4. The molecule has 0 bridgehead atoms. The summed E-state index contributed by atoms with van der Waals surface area (Å²) in [7, 11) is 4.92. The van der Waals surface area contributed by atoms with E-state index in [0.29, 0.717) is 37.1 Å². The van der Waals surface area contributed by atoms with Crippen LogP contribution in [0.4, 0.5) is 11.6 Å². The van der Waals surface area contributed by atoms with E-state index in [2.05, 4.69) is 15.2 Å². The van der Waals surface area contributed by atoms with Gasteiger partial charge in [0.1, 0.15) is 0 Å². The van der Waals surface area contributed by atoms with E-state index >= 15 is 0 Å². The van der Waals surface area contributed by atoms with Crippen molar-refractivity contribution < 1.29 is 19.1 Å². The lowest BCUT2D eigenvalue weighted by molar-refractivity contribution is -0.388. The lowest BCUT2D eigenvalue weighted by Gasteiger charge is -2.35. The van der Waals surface area contributed by atoms with E-state index in [4.69, 9.17) is 14.2 Å². The van der Waals surface area contributed by atoms with E-state index in [1.807, 2.05) is 18.2 Å². The number of aromatic nitrogens is 2. The summed E-state index contributed by atoms with van der Waals surface area (Å²) >= 11 is 0. The first-order chi connectivity index (χ1) is 13.5. The van der Waals surface area contributed by atoms with Crippen LogP contribution >= 0.6 is 0 Å². The maximum Gasteiger partial charge on any atom is 0.406 e. The molecule has 2 heterocycles. The normalized spacial score (nSPS) is 15.8. The molecule has 28 heavy (non-hydrogen) atoms. The third-order valence-electron chi connectivity index (χ3n) is 4.83. The Labute approximate surface area is 163 Å². The Bertz CT molecular complexity index is 819. The number of imidazole rings is 1. The number of benzene rings is 1. The van der Waals surface area contributed by atoms with Crippen molar-refractivity contribution in [3.8, 4) is 11.5 Å². The average Bonchev–Trinajstić information content (AvgIpc) is 3.09. The molecule has 0 saturated carbocycles. The predicted octanol–water partition coefficient (Wildman–Crippen LogP) is 1.83. The van der Waals surface area contributed by atoms with Crippen LogP contribution in [0, 0.1) is 10.1 Å². The van der Waals surface area contributed by atoms with Crippen LogP contribution in [0.15, 0.2) is 24.5 Å². The summed E-state index contributed by atoms with van der Waals surface area (Å²) in [6, 6.07) is 5.77. The fourth-order valence-electron chi connectivity index (χ4n) is 3.36. The molecule has 2 aromatic rings. The third kappa shape index (κ3) is 4.18. The van der Waals surface area contributed by atoms with E-state index in [-0.39, 0.29) is 11.9 Å². The van der Waals surface area contributed by atoms with Crippen molar-refractivity contribution in [2.75, 3.05) is 52.4 Å². The van der Waals surface area contributed by atoms with E-state index in [1.165, 1.54) is 6.33 Å². The minimum absolute atomic E-state index is 0.0294. The SMILES string of the molecule is COc1ccc(C(CNc2c([N+](=O)[O-])ncn2C)N2CCOCC2)cc1OC. The first kappa shape index (κ1) is 19.9. The van der Waals surface area contributed by atoms with E-state index in [0.717, 1.165) is 18.7 Å². The molecule has 1 saturated heterocycles. The Morgan fingerprint density at radius 1 is 1.29 bits per heavy atom. The molecule has 152 valence electrons. The molecular formula is C18H25N5O5. The Morgan fingerprint density at radius 2 is 2.00 bits per heavy atom. The second kappa shape index (κ2) is 8.89. The van der Waals surface area contributed by atoms with Gasteiger partial charge >= 0.3 is 5.82 Å². The first-order valence-corrected chi connectivity index (χ1v) is 8.98. The van der Waals surface area contributed by atoms with Crippen LogP contribution in [0.3, 0.4) is 0 Å². The number of hydrogen-bond donors (Lipinski definition) is 1. The summed E-state index contributed by atoms with van der Waals surface area (Å²) in [6.45, 7) is 3.31. The van der Waals surface area contributed by atoms with Gasteiger partial charge in [0.2, 0.25) is 12.1 Å². The molecule has 0 amide bonds. The van der Waals surface area contributed by atoms with Gasteiger partial charge in [-0.3, -0.25) is 9.47 Å². The zero-order valence-corrected chi connectivity index (χ0v) is 16.3. The van der Waals surface area contributed by atoms with Crippen molar-refractivity contribution in [2.24, 2.45) is 7.05 Å². The molecule has 10 nitrogen and oxygen atoms in total. The highest BCUT2D eigenvalue weighted by atomic mass is 16.6. The van der Waals surface area contributed by atoms with Crippen LogP contribution in [0.1, 0.15) is 11.6 Å². The molecule has 3 rings (SSSR count). The van der Waals surface area contributed by atoms with Crippen LogP contribution < -0.4 is 14.8 Å². The first-order valence-electron chi connectivity index (χ1n) is 8.98.